The van der Waals surface area contributed by atoms with Crippen LogP contribution in [0.3, 0.4) is 0 Å². The highest BCUT2D eigenvalue weighted by atomic mass is 35.5. The van der Waals surface area contributed by atoms with E-state index in [1.54, 1.807) is 0 Å². The standard InChI is InChI=1S/C25H27Cl2FN4O5/c26-15-8-16(27)20(28)21-14(15)7-18(30-21)25(37)32-9-12-2-1-3-13(12)22(32)24(36)31-17(19(34)10-33)6-11-4-5-29-23(11)35/h7-8,11-13,17,22,30,33H,1-6,9-10H2,(H,29,35)(H,31,36)/t11-,12-,13-,17-,22-/m0/s1. The summed E-state index contributed by atoms with van der Waals surface area (Å²) < 4.78 is 14.6. The Morgan fingerprint density at radius 2 is 1.97 bits per heavy atom. The molecular weight excluding hydrogens is 526 g/mol. The molecule has 5 rings (SSSR count). The minimum absolute atomic E-state index is 0.00434. The zero-order valence-corrected chi connectivity index (χ0v) is 21.4. The van der Waals surface area contributed by atoms with E-state index < -0.39 is 48.0 Å². The highest BCUT2D eigenvalue weighted by molar-refractivity contribution is 6.38. The molecule has 198 valence electrons. The van der Waals surface area contributed by atoms with Crippen molar-refractivity contribution in [2.24, 2.45) is 17.8 Å². The number of aliphatic hydroxyl groups excluding tert-OH is 1. The van der Waals surface area contributed by atoms with E-state index in [4.69, 9.17) is 23.2 Å². The van der Waals surface area contributed by atoms with Gasteiger partial charge in [0.1, 0.15) is 18.3 Å². The van der Waals surface area contributed by atoms with Crippen molar-refractivity contribution in [1.82, 2.24) is 20.5 Å². The number of nitrogens with zero attached hydrogens (tertiary/aromatic N) is 1. The van der Waals surface area contributed by atoms with Crippen molar-refractivity contribution in [2.45, 2.75) is 44.2 Å². The van der Waals surface area contributed by atoms with Crippen LogP contribution in [0.25, 0.3) is 10.9 Å². The van der Waals surface area contributed by atoms with Gasteiger partial charge in [-0.15, -0.1) is 0 Å². The Kier molecular flexibility index (Phi) is 7.17. The van der Waals surface area contributed by atoms with E-state index in [9.17, 15) is 28.7 Å². The summed E-state index contributed by atoms with van der Waals surface area (Å²) >= 11 is 12.1. The number of Topliss-reactive ketones (excluding diaryl/α,β-unsaturated/α-hetero) is 1. The quantitative estimate of drug-likeness (QED) is 0.392. The molecule has 1 aromatic heterocycles. The van der Waals surface area contributed by atoms with Gasteiger partial charge >= 0.3 is 0 Å². The summed E-state index contributed by atoms with van der Waals surface area (Å²) in [5.41, 5.74) is 0.0751. The van der Waals surface area contributed by atoms with Crippen LogP contribution < -0.4 is 10.6 Å². The summed E-state index contributed by atoms with van der Waals surface area (Å²) in [5, 5.41) is 15.2. The number of aromatic nitrogens is 1. The van der Waals surface area contributed by atoms with Crippen molar-refractivity contribution in [3.05, 3.63) is 33.7 Å². The molecule has 2 aromatic rings. The maximum Gasteiger partial charge on any atom is 0.271 e. The first-order chi connectivity index (χ1) is 17.7. The average molecular weight is 553 g/mol. The molecule has 2 saturated heterocycles. The normalized spacial score (nSPS) is 25.8. The Morgan fingerprint density at radius 3 is 2.68 bits per heavy atom. The number of amides is 3. The average Bonchev–Trinajstić information content (AvgIpc) is 3.65. The Hall–Kier alpha value is -2.69. The summed E-state index contributed by atoms with van der Waals surface area (Å²) in [6.45, 7) is 0.0621. The van der Waals surface area contributed by atoms with Crippen LogP contribution in [-0.2, 0) is 14.4 Å². The fourth-order valence-electron chi connectivity index (χ4n) is 6.10. The first kappa shape index (κ1) is 25.9. The molecule has 0 unspecified atom stereocenters. The highest BCUT2D eigenvalue weighted by Crippen LogP contribution is 2.43. The summed E-state index contributed by atoms with van der Waals surface area (Å²) in [4.78, 5) is 56.0. The number of fused-ring (bicyclic) bond motifs is 2. The second-order valence-electron chi connectivity index (χ2n) is 10.1. The zero-order chi connectivity index (χ0) is 26.4. The number of likely N-dealkylation sites (tertiary alicyclic amines) is 1. The Bertz CT molecular complexity index is 1280. The van der Waals surface area contributed by atoms with Crippen LogP contribution in [0, 0.1) is 23.6 Å². The van der Waals surface area contributed by atoms with Gasteiger partial charge in [0.15, 0.2) is 11.6 Å². The Balaban J connectivity index is 1.41. The molecule has 9 nitrogen and oxygen atoms in total. The first-order valence-electron chi connectivity index (χ1n) is 12.4. The van der Waals surface area contributed by atoms with Gasteiger partial charge in [0.2, 0.25) is 11.8 Å². The van der Waals surface area contributed by atoms with Crippen molar-refractivity contribution in [3.63, 3.8) is 0 Å². The van der Waals surface area contributed by atoms with Gasteiger partial charge in [-0.25, -0.2) is 4.39 Å². The molecule has 0 radical (unpaired) electrons. The molecule has 0 bridgehead atoms. The molecule has 4 N–H and O–H groups in total. The smallest absolute Gasteiger partial charge is 0.271 e. The summed E-state index contributed by atoms with van der Waals surface area (Å²) in [5.74, 6) is -2.93. The molecule has 0 spiro atoms. The van der Waals surface area contributed by atoms with Crippen LogP contribution in [0.5, 0.6) is 0 Å². The third-order valence-corrected chi connectivity index (χ3v) is 8.54. The number of rotatable bonds is 7. The van der Waals surface area contributed by atoms with E-state index in [1.165, 1.54) is 17.0 Å². The first-order valence-corrected chi connectivity index (χ1v) is 13.1. The van der Waals surface area contributed by atoms with Gasteiger partial charge < -0.3 is 25.6 Å². The fraction of sp³-hybridized carbons (Fsp3) is 0.520. The lowest BCUT2D eigenvalue weighted by molar-refractivity contribution is -0.133. The maximum absolute atomic E-state index is 14.6. The number of benzene rings is 1. The molecule has 3 aliphatic rings. The van der Waals surface area contributed by atoms with E-state index in [0.717, 1.165) is 19.3 Å². The second kappa shape index (κ2) is 10.2. The molecule has 1 aromatic carbocycles. The molecule has 1 saturated carbocycles. The lowest BCUT2D eigenvalue weighted by atomic mass is 9.92. The number of aromatic amines is 1. The molecule has 1 aliphatic carbocycles. The van der Waals surface area contributed by atoms with Crippen molar-refractivity contribution in [1.29, 1.82) is 0 Å². The number of ketones is 1. The van der Waals surface area contributed by atoms with Gasteiger partial charge in [-0.2, -0.15) is 0 Å². The van der Waals surface area contributed by atoms with Gasteiger partial charge in [0, 0.05) is 24.4 Å². The van der Waals surface area contributed by atoms with Crippen LogP contribution >= 0.6 is 23.2 Å². The molecule has 3 amide bonds. The molecule has 3 fully saturated rings. The van der Waals surface area contributed by atoms with E-state index in [1.807, 2.05) is 0 Å². The van der Waals surface area contributed by atoms with Crippen LogP contribution in [0.4, 0.5) is 4.39 Å². The van der Waals surface area contributed by atoms with Crippen molar-refractivity contribution in [2.75, 3.05) is 19.7 Å². The molecule has 2 aliphatic heterocycles. The molecule has 3 heterocycles. The topological polar surface area (TPSA) is 132 Å². The lowest BCUT2D eigenvalue weighted by Gasteiger charge is -2.29. The van der Waals surface area contributed by atoms with Gasteiger partial charge in [-0.1, -0.05) is 29.6 Å². The van der Waals surface area contributed by atoms with E-state index in [-0.39, 0.29) is 45.4 Å². The van der Waals surface area contributed by atoms with Crippen LogP contribution in [0.15, 0.2) is 12.1 Å². The van der Waals surface area contributed by atoms with E-state index in [0.29, 0.717) is 24.9 Å². The van der Waals surface area contributed by atoms with E-state index in [2.05, 4.69) is 15.6 Å². The third kappa shape index (κ3) is 4.70. The SMILES string of the molecule is O=C1NCC[C@H]1C[C@H](NC(=O)[C@@H]1[C@H]2CCC[C@H]2CN1C(=O)c1cc2c(Cl)cc(Cl)c(F)c2[nH]1)C(=O)CO. The number of nitrogens with one attached hydrogen (secondary N) is 3. The second-order valence-corrected chi connectivity index (χ2v) is 10.9. The Labute approximate surface area is 222 Å². The number of hydrogen-bond acceptors (Lipinski definition) is 5. The largest absolute Gasteiger partial charge is 0.389 e. The van der Waals surface area contributed by atoms with Gasteiger partial charge in [0.25, 0.3) is 5.91 Å². The molecular formula is C25H27Cl2FN4O5. The minimum Gasteiger partial charge on any atom is -0.389 e. The summed E-state index contributed by atoms with van der Waals surface area (Å²) in [6.07, 6.45) is 3.15. The number of H-pyrrole nitrogens is 1. The van der Waals surface area contributed by atoms with Gasteiger partial charge in [-0.3, -0.25) is 19.2 Å². The Morgan fingerprint density at radius 1 is 1.19 bits per heavy atom. The number of hydrogen-bond donors (Lipinski definition) is 4. The van der Waals surface area contributed by atoms with Crippen LogP contribution in [0.1, 0.15) is 42.6 Å². The van der Waals surface area contributed by atoms with Crippen LogP contribution in [0.2, 0.25) is 10.0 Å². The minimum atomic E-state index is -1.05. The van der Waals surface area contributed by atoms with Crippen molar-refractivity contribution in [3.8, 4) is 0 Å². The zero-order valence-electron chi connectivity index (χ0n) is 19.9. The predicted octanol–water partition coefficient (Wildman–Crippen LogP) is 2.43. The number of aliphatic hydroxyl groups is 1. The van der Waals surface area contributed by atoms with Crippen LogP contribution in [-0.4, -0.2) is 70.3 Å². The van der Waals surface area contributed by atoms with E-state index >= 15 is 0 Å². The monoisotopic (exact) mass is 552 g/mol. The third-order valence-electron chi connectivity index (χ3n) is 7.95. The van der Waals surface area contributed by atoms with Crippen molar-refractivity contribution < 1.29 is 28.7 Å². The maximum atomic E-state index is 14.6. The number of halogens is 3. The van der Waals surface area contributed by atoms with Gasteiger partial charge in [-0.05, 0) is 49.7 Å². The predicted molar refractivity (Wildman–Crippen MR) is 134 cm³/mol. The number of carbonyl (C=O) groups excluding carboxylic acids is 4. The molecule has 37 heavy (non-hydrogen) atoms. The molecule has 12 heteroatoms. The molecule has 5 atom stereocenters. The fourth-order valence-corrected chi connectivity index (χ4v) is 6.62. The highest BCUT2D eigenvalue weighted by Gasteiger charge is 2.50. The summed E-state index contributed by atoms with van der Waals surface area (Å²) in [7, 11) is 0. The lowest BCUT2D eigenvalue weighted by Crippen LogP contribution is -2.53. The van der Waals surface area contributed by atoms with Crippen molar-refractivity contribution >= 4 is 57.6 Å². The van der Waals surface area contributed by atoms with Gasteiger partial charge in [0.05, 0.1) is 21.6 Å². The summed E-state index contributed by atoms with van der Waals surface area (Å²) in [6, 6.07) is 0.815. The number of carbonyl (C=O) groups is 4.